The highest BCUT2D eigenvalue weighted by Crippen LogP contribution is 2.23. The Hall–Kier alpha value is -1.92. The number of hydrogen-bond donors (Lipinski definition) is 0. The quantitative estimate of drug-likeness (QED) is 0.836. The fourth-order valence-corrected chi connectivity index (χ4v) is 3.19. The first-order chi connectivity index (χ1) is 11.2. The normalized spacial score (nSPS) is 16.7. The maximum Gasteiger partial charge on any atom is 0.216 e. The number of aromatic nitrogens is 3. The first-order valence-corrected chi connectivity index (χ1v) is 8.07. The molecule has 2 aromatic heterocycles. The summed E-state index contributed by atoms with van der Waals surface area (Å²) in [5.74, 6) is 0.877. The molecule has 6 nitrogen and oxygen atoms in total. The molecule has 0 aromatic carbocycles. The van der Waals surface area contributed by atoms with Gasteiger partial charge in [0.15, 0.2) is 0 Å². The molecule has 0 spiro atoms. The van der Waals surface area contributed by atoms with Gasteiger partial charge in [0.05, 0.1) is 18.4 Å². The molecule has 1 fully saturated rings. The molecule has 1 aliphatic heterocycles. The van der Waals surface area contributed by atoms with Gasteiger partial charge in [-0.2, -0.15) is 5.10 Å². The highest BCUT2D eigenvalue weighted by molar-refractivity contribution is 5.30. The van der Waals surface area contributed by atoms with Crippen LogP contribution in [0.5, 0.6) is 5.88 Å². The lowest BCUT2D eigenvalue weighted by Crippen LogP contribution is -2.45. The molecule has 3 heterocycles. The van der Waals surface area contributed by atoms with Crippen LogP contribution in [0.1, 0.15) is 16.8 Å². The standard InChI is InChI=1S/C17H25N5O/c1-14-16(17(23-3)20(2)19-14)13-22-10-8-21(9-11-22)12-15-4-6-18-7-5-15/h4-7H,8-13H2,1-3H3. The van der Waals surface area contributed by atoms with Crippen molar-refractivity contribution >= 4 is 0 Å². The van der Waals surface area contributed by atoms with Gasteiger partial charge in [-0.1, -0.05) is 0 Å². The van der Waals surface area contributed by atoms with Crippen LogP contribution >= 0.6 is 0 Å². The minimum absolute atomic E-state index is 0.877. The summed E-state index contributed by atoms with van der Waals surface area (Å²) in [5, 5.41) is 4.47. The Morgan fingerprint density at radius 3 is 2.26 bits per heavy atom. The van der Waals surface area contributed by atoms with E-state index in [-0.39, 0.29) is 0 Å². The van der Waals surface area contributed by atoms with Crippen LogP contribution < -0.4 is 4.74 Å². The van der Waals surface area contributed by atoms with Crippen molar-refractivity contribution in [3.8, 4) is 5.88 Å². The molecule has 1 saturated heterocycles. The number of methoxy groups -OCH3 is 1. The number of aryl methyl sites for hydroxylation is 2. The topological polar surface area (TPSA) is 46.4 Å². The van der Waals surface area contributed by atoms with E-state index in [4.69, 9.17) is 4.74 Å². The van der Waals surface area contributed by atoms with Gasteiger partial charge in [0, 0.05) is 58.7 Å². The molecule has 0 radical (unpaired) electrons. The molecule has 0 unspecified atom stereocenters. The number of ether oxygens (including phenoxy) is 1. The van der Waals surface area contributed by atoms with Gasteiger partial charge in [-0.15, -0.1) is 0 Å². The lowest BCUT2D eigenvalue weighted by Gasteiger charge is -2.34. The Morgan fingerprint density at radius 1 is 1.04 bits per heavy atom. The molecule has 124 valence electrons. The van der Waals surface area contributed by atoms with Crippen LogP contribution in [0.25, 0.3) is 0 Å². The van der Waals surface area contributed by atoms with Crippen LogP contribution in [0.4, 0.5) is 0 Å². The first kappa shape index (κ1) is 16.0. The van der Waals surface area contributed by atoms with Gasteiger partial charge in [0.1, 0.15) is 0 Å². The Bertz CT molecular complexity index is 632. The molecular formula is C17H25N5O. The molecule has 0 amide bonds. The molecule has 2 aromatic rings. The van der Waals surface area contributed by atoms with Crippen molar-refractivity contribution in [1.29, 1.82) is 0 Å². The number of pyridine rings is 1. The van der Waals surface area contributed by atoms with Gasteiger partial charge in [0.2, 0.25) is 5.88 Å². The Labute approximate surface area is 137 Å². The molecule has 0 aliphatic carbocycles. The Morgan fingerprint density at radius 2 is 1.65 bits per heavy atom. The van der Waals surface area contributed by atoms with E-state index in [1.54, 1.807) is 7.11 Å². The lowest BCUT2D eigenvalue weighted by molar-refractivity contribution is 0.121. The second-order valence-corrected chi connectivity index (χ2v) is 6.10. The van der Waals surface area contributed by atoms with E-state index in [0.717, 1.165) is 50.8 Å². The maximum absolute atomic E-state index is 5.50. The smallest absolute Gasteiger partial charge is 0.216 e. The number of nitrogens with zero attached hydrogens (tertiary/aromatic N) is 5. The largest absolute Gasteiger partial charge is 0.481 e. The first-order valence-electron chi connectivity index (χ1n) is 8.07. The molecule has 6 heteroatoms. The Kier molecular flexibility index (Phi) is 4.93. The van der Waals surface area contributed by atoms with E-state index in [1.165, 1.54) is 11.1 Å². The van der Waals surface area contributed by atoms with Gasteiger partial charge in [-0.25, -0.2) is 4.68 Å². The van der Waals surface area contributed by atoms with Gasteiger partial charge in [-0.05, 0) is 24.6 Å². The van der Waals surface area contributed by atoms with Crippen molar-refractivity contribution < 1.29 is 4.74 Å². The zero-order valence-electron chi connectivity index (χ0n) is 14.2. The second kappa shape index (κ2) is 7.10. The monoisotopic (exact) mass is 315 g/mol. The van der Waals surface area contributed by atoms with Gasteiger partial charge in [-0.3, -0.25) is 14.8 Å². The van der Waals surface area contributed by atoms with Crippen LogP contribution in [-0.2, 0) is 20.1 Å². The fraction of sp³-hybridized carbons (Fsp3) is 0.529. The van der Waals surface area contributed by atoms with Gasteiger partial charge in [0.25, 0.3) is 0 Å². The summed E-state index contributed by atoms with van der Waals surface area (Å²) >= 11 is 0. The van der Waals surface area contributed by atoms with Crippen LogP contribution in [0.3, 0.4) is 0 Å². The number of hydrogen-bond acceptors (Lipinski definition) is 5. The second-order valence-electron chi connectivity index (χ2n) is 6.10. The van der Waals surface area contributed by atoms with Gasteiger partial charge >= 0.3 is 0 Å². The number of piperazine rings is 1. The third kappa shape index (κ3) is 3.71. The van der Waals surface area contributed by atoms with E-state index < -0.39 is 0 Å². The fourth-order valence-electron chi connectivity index (χ4n) is 3.19. The molecule has 3 rings (SSSR count). The van der Waals surface area contributed by atoms with Crippen molar-refractivity contribution in [3.05, 3.63) is 41.3 Å². The van der Waals surface area contributed by atoms with E-state index in [0.29, 0.717) is 0 Å². The van der Waals surface area contributed by atoms with Crippen molar-refractivity contribution in [2.45, 2.75) is 20.0 Å². The van der Waals surface area contributed by atoms with Crippen molar-refractivity contribution in [2.75, 3.05) is 33.3 Å². The minimum atomic E-state index is 0.877. The zero-order valence-corrected chi connectivity index (χ0v) is 14.2. The number of rotatable bonds is 5. The van der Waals surface area contributed by atoms with Crippen LogP contribution in [0, 0.1) is 6.92 Å². The third-order valence-corrected chi connectivity index (χ3v) is 4.48. The summed E-state index contributed by atoms with van der Waals surface area (Å²) in [6, 6.07) is 4.19. The summed E-state index contributed by atoms with van der Waals surface area (Å²) in [5.41, 5.74) is 3.60. The summed E-state index contributed by atoms with van der Waals surface area (Å²) in [7, 11) is 3.65. The highest BCUT2D eigenvalue weighted by Gasteiger charge is 2.21. The summed E-state index contributed by atoms with van der Waals surface area (Å²) < 4.78 is 7.32. The molecule has 1 aliphatic rings. The van der Waals surface area contributed by atoms with E-state index in [2.05, 4.69) is 38.9 Å². The predicted octanol–water partition coefficient (Wildman–Crippen LogP) is 1.45. The van der Waals surface area contributed by atoms with Crippen LogP contribution in [-0.4, -0.2) is 57.9 Å². The van der Waals surface area contributed by atoms with E-state index in [1.807, 2.05) is 24.1 Å². The summed E-state index contributed by atoms with van der Waals surface area (Å²) in [4.78, 5) is 9.06. The molecule has 0 N–H and O–H groups in total. The zero-order chi connectivity index (χ0) is 16.2. The SMILES string of the molecule is COc1c(CN2CCN(Cc3ccncc3)CC2)c(C)nn1C. The maximum atomic E-state index is 5.50. The molecule has 0 bridgehead atoms. The Balaban J connectivity index is 1.55. The van der Waals surface area contributed by atoms with Crippen LogP contribution in [0.15, 0.2) is 24.5 Å². The average molecular weight is 315 g/mol. The van der Waals surface area contributed by atoms with Gasteiger partial charge < -0.3 is 4.74 Å². The predicted molar refractivity (Wildman–Crippen MR) is 89.3 cm³/mol. The molecule has 0 atom stereocenters. The molecule has 23 heavy (non-hydrogen) atoms. The van der Waals surface area contributed by atoms with Crippen molar-refractivity contribution in [1.82, 2.24) is 24.6 Å². The van der Waals surface area contributed by atoms with E-state index >= 15 is 0 Å². The third-order valence-electron chi connectivity index (χ3n) is 4.48. The van der Waals surface area contributed by atoms with E-state index in [9.17, 15) is 0 Å². The lowest BCUT2D eigenvalue weighted by atomic mass is 10.2. The summed E-state index contributed by atoms with van der Waals surface area (Å²) in [6.45, 7) is 8.29. The van der Waals surface area contributed by atoms with Crippen molar-refractivity contribution in [3.63, 3.8) is 0 Å². The van der Waals surface area contributed by atoms with Crippen molar-refractivity contribution in [2.24, 2.45) is 7.05 Å². The van der Waals surface area contributed by atoms with Crippen LogP contribution in [0.2, 0.25) is 0 Å². The highest BCUT2D eigenvalue weighted by atomic mass is 16.5. The summed E-state index contributed by atoms with van der Waals surface area (Å²) in [6.07, 6.45) is 3.73. The molecule has 0 saturated carbocycles. The average Bonchev–Trinajstić information content (AvgIpc) is 2.83. The minimum Gasteiger partial charge on any atom is -0.481 e. The molecular weight excluding hydrogens is 290 g/mol.